The average molecular weight is 341 g/mol. The molecule has 0 atom stereocenters. The highest BCUT2D eigenvalue weighted by molar-refractivity contribution is 9.10. The Morgan fingerprint density at radius 2 is 2.05 bits per heavy atom. The third-order valence-corrected chi connectivity index (χ3v) is 3.88. The first-order valence-electron chi connectivity index (χ1n) is 7.06. The zero-order chi connectivity index (χ0) is 15.3. The van der Waals surface area contributed by atoms with Crippen LogP contribution in [0.5, 0.6) is 0 Å². The van der Waals surface area contributed by atoms with Crippen molar-refractivity contribution in [1.29, 1.82) is 0 Å². The monoisotopic (exact) mass is 340 g/mol. The minimum atomic E-state index is -0.0647. The van der Waals surface area contributed by atoms with Crippen molar-refractivity contribution in [3.63, 3.8) is 0 Å². The van der Waals surface area contributed by atoms with Crippen LogP contribution in [0, 0.1) is 12.3 Å². The van der Waals surface area contributed by atoms with E-state index in [1.165, 1.54) is 0 Å². The lowest BCUT2D eigenvalue weighted by molar-refractivity contribution is 0.0688. The van der Waals surface area contributed by atoms with Crippen LogP contribution in [0.4, 0.5) is 0 Å². The van der Waals surface area contributed by atoms with Crippen molar-refractivity contribution in [2.45, 2.75) is 34.1 Å². The van der Waals surface area contributed by atoms with Gasteiger partial charge in [0.1, 0.15) is 0 Å². The summed E-state index contributed by atoms with van der Waals surface area (Å²) in [5.74, 6) is 0.0900. The highest BCUT2D eigenvalue weighted by Crippen LogP contribution is 2.21. The molecule has 20 heavy (non-hydrogen) atoms. The van der Waals surface area contributed by atoms with Gasteiger partial charge in [-0.15, -0.1) is 0 Å². The SMILES string of the molecule is CCCN(CC(C)(C)CN)C(=O)c1cc(Br)ccc1C. The molecule has 112 valence electrons. The third kappa shape index (κ3) is 4.60. The van der Waals surface area contributed by atoms with Crippen molar-refractivity contribution in [3.8, 4) is 0 Å². The van der Waals surface area contributed by atoms with Crippen LogP contribution in [0.1, 0.15) is 43.1 Å². The van der Waals surface area contributed by atoms with Gasteiger partial charge in [0.15, 0.2) is 0 Å². The Labute approximate surface area is 130 Å². The predicted octanol–water partition coefficient (Wildman–Crippen LogP) is 3.59. The molecule has 2 N–H and O–H groups in total. The normalized spacial score (nSPS) is 11.5. The highest BCUT2D eigenvalue weighted by Gasteiger charge is 2.24. The summed E-state index contributed by atoms with van der Waals surface area (Å²) in [5.41, 5.74) is 7.50. The molecule has 0 fully saturated rings. The molecule has 0 unspecified atom stereocenters. The molecule has 0 saturated heterocycles. The van der Waals surface area contributed by atoms with Crippen LogP contribution >= 0.6 is 15.9 Å². The fourth-order valence-corrected chi connectivity index (χ4v) is 2.46. The van der Waals surface area contributed by atoms with E-state index < -0.39 is 0 Å². The van der Waals surface area contributed by atoms with Gasteiger partial charge < -0.3 is 10.6 Å². The number of benzene rings is 1. The molecule has 1 aromatic rings. The van der Waals surface area contributed by atoms with E-state index in [0.29, 0.717) is 13.1 Å². The number of hydrogen-bond donors (Lipinski definition) is 1. The van der Waals surface area contributed by atoms with Crippen molar-refractivity contribution >= 4 is 21.8 Å². The van der Waals surface area contributed by atoms with Crippen molar-refractivity contribution in [3.05, 3.63) is 33.8 Å². The van der Waals surface area contributed by atoms with E-state index in [4.69, 9.17) is 5.73 Å². The van der Waals surface area contributed by atoms with Crippen molar-refractivity contribution in [2.24, 2.45) is 11.1 Å². The average Bonchev–Trinajstić information content (AvgIpc) is 2.40. The summed E-state index contributed by atoms with van der Waals surface area (Å²) >= 11 is 3.44. The molecule has 0 aliphatic carbocycles. The number of carbonyl (C=O) groups is 1. The van der Waals surface area contributed by atoms with Gasteiger partial charge >= 0.3 is 0 Å². The van der Waals surface area contributed by atoms with Crippen molar-refractivity contribution in [1.82, 2.24) is 4.90 Å². The summed E-state index contributed by atoms with van der Waals surface area (Å²) in [6.07, 6.45) is 0.944. The Hall–Kier alpha value is -0.870. The third-order valence-electron chi connectivity index (χ3n) is 3.38. The van der Waals surface area contributed by atoms with E-state index in [9.17, 15) is 4.79 Å². The molecule has 0 spiro atoms. The summed E-state index contributed by atoms with van der Waals surface area (Å²) in [5, 5.41) is 0. The van der Waals surface area contributed by atoms with Crippen molar-refractivity contribution < 1.29 is 4.79 Å². The molecule has 4 heteroatoms. The lowest BCUT2D eigenvalue weighted by Gasteiger charge is -2.32. The van der Waals surface area contributed by atoms with Gasteiger partial charge in [-0.25, -0.2) is 0 Å². The van der Waals surface area contributed by atoms with Crippen LogP contribution in [0.2, 0.25) is 0 Å². The Balaban J connectivity index is 3.02. The molecule has 3 nitrogen and oxygen atoms in total. The van der Waals surface area contributed by atoms with Gasteiger partial charge in [-0.2, -0.15) is 0 Å². The smallest absolute Gasteiger partial charge is 0.254 e. The molecule has 0 aromatic heterocycles. The first kappa shape index (κ1) is 17.2. The van der Waals surface area contributed by atoms with E-state index in [-0.39, 0.29) is 11.3 Å². The second-order valence-electron chi connectivity index (χ2n) is 6.05. The van der Waals surface area contributed by atoms with Gasteiger partial charge in [0, 0.05) is 23.1 Å². The van der Waals surface area contributed by atoms with Crippen molar-refractivity contribution in [2.75, 3.05) is 19.6 Å². The molecule has 0 heterocycles. The van der Waals surface area contributed by atoms with E-state index in [2.05, 4.69) is 36.7 Å². The summed E-state index contributed by atoms with van der Waals surface area (Å²) in [4.78, 5) is 14.7. The van der Waals surface area contributed by atoms with Crippen LogP contribution in [0.25, 0.3) is 0 Å². The number of amides is 1. The van der Waals surface area contributed by atoms with Gasteiger partial charge in [0.25, 0.3) is 5.91 Å². The number of nitrogens with two attached hydrogens (primary N) is 1. The lowest BCUT2D eigenvalue weighted by atomic mass is 9.92. The summed E-state index contributed by atoms with van der Waals surface area (Å²) in [6, 6.07) is 5.82. The molecule has 1 amide bonds. The number of carbonyl (C=O) groups excluding carboxylic acids is 1. The van der Waals surface area contributed by atoms with Gasteiger partial charge in [-0.1, -0.05) is 42.8 Å². The first-order valence-corrected chi connectivity index (χ1v) is 7.85. The predicted molar refractivity (Wildman–Crippen MR) is 87.9 cm³/mol. The Morgan fingerprint density at radius 3 is 2.60 bits per heavy atom. The maximum absolute atomic E-state index is 12.8. The molecule has 0 bridgehead atoms. The quantitative estimate of drug-likeness (QED) is 0.859. The molecule has 0 aliphatic rings. The van der Waals surface area contributed by atoms with Crippen LogP contribution in [-0.2, 0) is 0 Å². The van der Waals surface area contributed by atoms with Gasteiger partial charge in [-0.05, 0) is 43.0 Å². The fourth-order valence-electron chi connectivity index (χ4n) is 2.10. The maximum Gasteiger partial charge on any atom is 0.254 e. The largest absolute Gasteiger partial charge is 0.338 e. The number of halogens is 1. The number of rotatable bonds is 6. The Kier molecular flexibility index (Phi) is 6.21. The summed E-state index contributed by atoms with van der Waals surface area (Å²) in [6.45, 7) is 10.3. The van der Waals surface area contributed by atoms with Gasteiger partial charge in [0.2, 0.25) is 0 Å². The van der Waals surface area contributed by atoms with Crippen LogP contribution in [0.15, 0.2) is 22.7 Å². The van der Waals surface area contributed by atoms with E-state index in [1.54, 1.807) is 0 Å². The van der Waals surface area contributed by atoms with Gasteiger partial charge in [-0.3, -0.25) is 4.79 Å². The fraction of sp³-hybridized carbons (Fsp3) is 0.562. The van der Waals surface area contributed by atoms with Crippen LogP contribution < -0.4 is 5.73 Å². The molecule has 1 rings (SSSR count). The molecule has 1 aromatic carbocycles. The minimum Gasteiger partial charge on any atom is -0.338 e. The van der Waals surface area contributed by atoms with E-state index >= 15 is 0 Å². The van der Waals surface area contributed by atoms with Gasteiger partial charge in [0.05, 0.1) is 0 Å². The first-order chi connectivity index (χ1) is 9.30. The minimum absolute atomic E-state index is 0.0647. The Bertz CT molecular complexity index is 472. The molecular formula is C16H25BrN2O. The van der Waals surface area contributed by atoms with Crippen LogP contribution in [0.3, 0.4) is 0 Å². The summed E-state index contributed by atoms with van der Waals surface area (Å²) in [7, 11) is 0. The lowest BCUT2D eigenvalue weighted by Crippen LogP contribution is -2.42. The highest BCUT2D eigenvalue weighted by atomic mass is 79.9. The number of hydrogen-bond acceptors (Lipinski definition) is 2. The maximum atomic E-state index is 12.8. The van der Waals surface area contributed by atoms with E-state index in [0.717, 1.165) is 28.6 Å². The Morgan fingerprint density at radius 1 is 1.40 bits per heavy atom. The second-order valence-corrected chi connectivity index (χ2v) is 6.97. The zero-order valence-corrected chi connectivity index (χ0v) is 14.5. The second kappa shape index (κ2) is 7.23. The topological polar surface area (TPSA) is 46.3 Å². The zero-order valence-electron chi connectivity index (χ0n) is 12.9. The van der Waals surface area contributed by atoms with E-state index in [1.807, 2.05) is 30.0 Å². The number of nitrogens with zero attached hydrogens (tertiary/aromatic N) is 1. The molecule has 0 aliphatic heterocycles. The number of aryl methyl sites for hydroxylation is 1. The van der Waals surface area contributed by atoms with Crippen LogP contribution in [-0.4, -0.2) is 30.4 Å². The molecule has 0 radical (unpaired) electrons. The summed E-state index contributed by atoms with van der Waals surface area (Å²) < 4.78 is 0.931. The standard InChI is InChI=1S/C16H25BrN2O/c1-5-8-19(11-16(3,4)10-18)15(20)14-9-13(17)7-6-12(14)2/h6-7,9H,5,8,10-11,18H2,1-4H3. The molecular weight excluding hydrogens is 316 g/mol. The molecule has 0 saturated carbocycles.